The van der Waals surface area contributed by atoms with Crippen LogP contribution in [-0.2, 0) is 66.8 Å². The molecule has 0 aromatic heterocycles. The molecule has 0 radical (unpaired) electrons. The van der Waals surface area contributed by atoms with E-state index >= 15 is 0 Å². The highest BCUT2D eigenvalue weighted by molar-refractivity contribution is 5.90. The van der Waals surface area contributed by atoms with Gasteiger partial charge in [-0.05, 0) is 62.2 Å². The molecule has 0 aromatic carbocycles. The largest absolute Gasteiger partial charge is 0.481 e. The molecule has 3 amide bonds. The fraction of sp³-hybridized carbons (Fsp3) is 0.830. The number of esters is 2. The van der Waals surface area contributed by atoms with Crippen LogP contribution in [0.1, 0.15) is 132 Å². The zero-order valence-corrected chi connectivity index (χ0v) is 40.7. The third-order valence-corrected chi connectivity index (χ3v) is 12.9. The summed E-state index contributed by atoms with van der Waals surface area (Å²) in [6.07, 6.45) is 1.11. The fourth-order valence-corrected chi connectivity index (χ4v) is 7.83. The van der Waals surface area contributed by atoms with Crippen LogP contribution in [0.4, 0.5) is 0 Å². The van der Waals surface area contributed by atoms with Gasteiger partial charge in [-0.15, -0.1) is 0 Å². The molecule has 0 saturated carbocycles. The van der Waals surface area contributed by atoms with Gasteiger partial charge in [0.1, 0.15) is 24.8 Å². The normalized spacial score (nSPS) is 25.5. The highest BCUT2D eigenvalue weighted by Gasteiger charge is 2.41. The number of hydrogen-bond acceptors (Lipinski definition) is 15. The molecule has 66 heavy (non-hydrogen) atoms. The van der Waals surface area contributed by atoms with Gasteiger partial charge in [0.25, 0.3) is 0 Å². The number of carbonyl (C=O) groups is 8. The Hall–Kier alpha value is -4.04. The first-order valence-corrected chi connectivity index (χ1v) is 23.9. The van der Waals surface area contributed by atoms with Gasteiger partial charge in [-0.25, -0.2) is 0 Å². The van der Waals surface area contributed by atoms with E-state index in [4.69, 9.17) is 33.5 Å². The van der Waals surface area contributed by atoms with E-state index in [9.17, 15) is 38.4 Å². The summed E-state index contributed by atoms with van der Waals surface area (Å²) in [5.74, 6) is -2.02. The Kier molecular flexibility index (Phi) is 28.0. The summed E-state index contributed by atoms with van der Waals surface area (Å²) in [7, 11) is 0. The lowest BCUT2D eigenvalue weighted by atomic mass is 9.79. The molecule has 11 atom stereocenters. The van der Waals surface area contributed by atoms with Crippen LogP contribution in [0.3, 0.4) is 0 Å². The van der Waals surface area contributed by atoms with Crippen LogP contribution >= 0.6 is 0 Å². The minimum atomic E-state index is -1.00. The second-order valence-electron chi connectivity index (χ2n) is 18.0. The van der Waals surface area contributed by atoms with Gasteiger partial charge in [-0.1, -0.05) is 41.5 Å². The molecular formula is C47H80N4O15. The third kappa shape index (κ3) is 23.1. The molecule has 0 aromatic rings. The SMILES string of the molecule is CC(=O)OCC1O[C@@H](OCCCCNC(=O)CCC(=O)CNC(CCNC(=O)CCCC(=O)O)C(=O)CCC(=O)NCCCCO[C@@H]2OC(COC(C)=O)[C@H](C)[C@H](C)C2C)C(C)[C@@H](C)[C@H]1C. The van der Waals surface area contributed by atoms with Crippen LogP contribution in [0, 0.1) is 35.5 Å². The van der Waals surface area contributed by atoms with Crippen LogP contribution in [0.2, 0.25) is 0 Å². The smallest absolute Gasteiger partial charge is 0.303 e. The summed E-state index contributed by atoms with van der Waals surface area (Å²) in [5.41, 5.74) is 0. The number of ether oxygens (including phenoxy) is 6. The van der Waals surface area contributed by atoms with Crippen molar-refractivity contribution in [2.75, 3.05) is 52.6 Å². The van der Waals surface area contributed by atoms with Gasteiger partial charge in [0.2, 0.25) is 17.7 Å². The second-order valence-corrected chi connectivity index (χ2v) is 18.0. The molecule has 5 N–H and O–H groups in total. The van der Waals surface area contributed by atoms with Gasteiger partial charge in [-0.2, -0.15) is 0 Å². The van der Waals surface area contributed by atoms with E-state index in [0.29, 0.717) is 63.8 Å². The van der Waals surface area contributed by atoms with E-state index in [2.05, 4.69) is 62.8 Å². The molecule has 2 rings (SSSR count). The number of rotatable bonds is 33. The Labute approximate surface area is 390 Å². The van der Waals surface area contributed by atoms with Crippen molar-refractivity contribution >= 4 is 47.2 Å². The summed E-state index contributed by atoms with van der Waals surface area (Å²) in [5, 5.41) is 20.1. The summed E-state index contributed by atoms with van der Waals surface area (Å²) >= 11 is 0. The molecule has 0 bridgehead atoms. The molecule has 378 valence electrons. The molecule has 2 heterocycles. The number of carbonyl (C=O) groups excluding carboxylic acids is 7. The van der Waals surface area contributed by atoms with Crippen molar-refractivity contribution in [2.24, 2.45) is 35.5 Å². The number of amides is 3. The van der Waals surface area contributed by atoms with Crippen molar-refractivity contribution in [3.05, 3.63) is 0 Å². The number of Topliss-reactive ketones (excluding diaryl/α,β-unsaturated/α-hetero) is 2. The number of aliphatic carboxylic acids is 1. The maximum atomic E-state index is 13.3. The molecule has 19 nitrogen and oxygen atoms in total. The standard InChI is InChI=1S/C47H80N4O15/c1-29-31(3)40(27-63-35(7)52)65-46(33(29)5)61-24-11-9-21-48-43(57)18-16-37(54)26-51-38(20-23-50-42(56)14-13-15-45(59)60)39(55)17-19-44(58)49-22-10-12-25-62-47-34(6)30(2)32(4)41(66-47)28-64-36(8)53/h29-34,38,40-41,46-47,51H,9-28H2,1-8H3,(H,48,57)(H,49,58)(H,50,56)(H,59,60)/t29-,30-,31+,32+,33?,34?,38?,40?,41?,46+,47+/m0/s1. The summed E-state index contributed by atoms with van der Waals surface area (Å²) in [6, 6.07) is -0.855. The van der Waals surface area contributed by atoms with E-state index < -0.39 is 24.6 Å². The molecule has 2 saturated heterocycles. The Balaban J connectivity index is 1.73. The first kappa shape index (κ1) is 58.1. The highest BCUT2D eigenvalue weighted by atomic mass is 16.7. The van der Waals surface area contributed by atoms with Crippen molar-refractivity contribution in [2.45, 2.75) is 163 Å². The van der Waals surface area contributed by atoms with Crippen LogP contribution < -0.4 is 21.3 Å². The van der Waals surface area contributed by atoms with Gasteiger partial charge in [-0.3, -0.25) is 38.4 Å². The number of unbranched alkanes of at least 4 members (excludes halogenated alkanes) is 2. The fourth-order valence-electron chi connectivity index (χ4n) is 7.83. The second kappa shape index (κ2) is 31.8. The molecule has 2 fully saturated rings. The van der Waals surface area contributed by atoms with Crippen LogP contribution in [0.25, 0.3) is 0 Å². The topological polar surface area (TPSA) is 260 Å². The first-order valence-electron chi connectivity index (χ1n) is 23.9. The quantitative estimate of drug-likeness (QED) is 0.0465. The number of ketones is 2. The minimum Gasteiger partial charge on any atom is -0.481 e. The average molecular weight is 941 g/mol. The highest BCUT2D eigenvalue weighted by Crippen LogP contribution is 2.37. The molecule has 2 aliphatic rings. The zero-order chi connectivity index (χ0) is 49.2. The molecule has 5 unspecified atom stereocenters. The van der Waals surface area contributed by atoms with Gasteiger partial charge >= 0.3 is 17.9 Å². The summed E-state index contributed by atoms with van der Waals surface area (Å²) in [6.45, 7) is 17.1. The lowest BCUT2D eigenvalue weighted by Gasteiger charge is -2.43. The predicted octanol–water partition coefficient (Wildman–Crippen LogP) is 3.62. The maximum Gasteiger partial charge on any atom is 0.303 e. The Bertz CT molecular complexity index is 1550. The maximum absolute atomic E-state index is 13.3. The van der Waals surface area contributed by atoms with Gasteiger partial charge in [0.05, 0.1) is 24.8 Å². The predicted molar refractivity (Wildman–Crippen MR) is 241 cm³/mol. The number of carboxylic acids is 1. The molecule has 0 spiro atoms. The Morgan fingerprint density at radius 2 is 0.985 bits per heavy atom. The van der Waals surface area contributed by atoms with Gasteiger partial charge in [0, 0.05) is 97.1 Å². The first-order chi connectivity index (χ1) is 31.3. The number of carboxylic acid groups (broad SMARTS) is 1. The minimum absolute atomic E-state index is 0.0110. The number of hydrogen-bond donors (Lipinski definition) is 5. The lowest BCUT2D eigenvalue weighted by Crippen LogP contribution is -2.47. The summed E-state index contributed by atoms with van der Waals surface area (Å²) in [4.78, 5) is 96.9. The molecule has 19 heteroatoms. The molecule has 0 aliphatic carbocycles. The van der Waals surface area contributed by atoms with Crippen molar-refractivity contribution < 1.29 is 71.9 Å². The average Bonchev–Trinajstić information content (AvgIpc) is 3.26. The number of nitrogens with one attached hydrogen (secondary N) is 4. The monoisotopic (exact) mass is 941 g/mol. The van der Waals surface area contributed by atoms with Crippen molar-refractivity contribution in [1.82, 2.24) is 21.3 Å². The van der Waals surface area contributed by atoms with Gasteiger partial charge < -0.3 is 54.8 Å². The van der Waals surface area contributed by atoms with E-state index in [1.807, 2.05) is 0 Å². The van der Waals surface area contributed by atoms with Crippen LogP contribution in [0.5, 0.6) is 0 Å². The Morgan fingerprint density at radius 1 is 0.530 bits per heavy atom. The summed E-state index contributed by atoms with van der Waals surface area (Å²) < 4.78 is 34.6. The van der Waals surface area contributed by atoms with Crippen molar-refractivity contribution in [3.8, 4) is 0 Å². The van der Waals surface area contributed by atoms with E-state index in [1.54, 1.807) is 0 Å². The molecular weight excluding hydrogens is 861 g/mol. The van der Waals surface area contributed by atoms with E-state index in [1.165, 1.54) is 13.8 Å². The van der Waals surface area contributed by atoms with Crippen molar-refractivity contribution in [1.29, 1.82) is 0 Å². The van der Waals surface area contributed by atoms with Gasteiger partial charge in [0.15, 0.2) is 12.6 Å². The zero-order valence-electron chi connectivity index (χ0n) is 40.7. The third-order valence-electron chi connectivity index (χ3n) is 12.9. The van der Waals surface area contributed by atoms with Crippen LogP contribution in [0.15, 0.2) is 0 Å². The molecule has 2 aliphatic heterocycles. The van der Waals surface area contributed by atoms with Crippen LogP contribution in [-0.4, -0.2) is 136 Å². The van der Waals surface area contributed by atoms with E-state index in [-0.39, 0.29) is 155 Å². The van der Waals surface area contributed by atoms with Crippen molar-refractivity contribution in [3.63, 3.8) is 0 Å². The Morgan fingerprint density at radius 3 is 1.45 bits per heavy atom. The lowest BCUT2D eigenvalue weighted by molar-refractivity contribution is -0.255. The van der Waals surface area contributed by atoms with E-state index in [0.717, 1.165) is 0 Å².